The Hall–Kier alpha value is -1.59. The molecule has 1 aromatic rings. The standard InChI is InChI=1S/C13H19NO4/c1-8-4-5-11(17-2)9(6-8)13(16)10(14)7-12(15)18-3/h4-6,10,13,16H,7,14H2,1-3H3. The molecule has 1 rings (SSSR count). The van der Waals surface area contributed by atoms with Crippen LogP contribution in [0.4, 0.5) is 0 Å². The third kappa shape index (κ3) is 3.45. The molecule has 2 atom stereocenters. The highest BCUT2D eigenvalue weighted by Crippen LogP contribution is 2.28. The zero-order chi connectivity index (χ0) is 13.7. The quantitative estimate of drug-likeness (QED) is 0.763. The molecule has 0 aliphatic heterocycles. The summed E-state index contributed by atoms with van der Waals surface area (Å²) in [6, 6.07) is 4.70. The van der Waals surface area contributed by atoms with Crippen molar-refractivity contribution in [2.75, 3.05) is 14.2 Å². The van der Waals surface area contributed by atoms with Crippen LogP contribution in [0.25, 0.3) is 0 Å². The average Bonchev–Trinajstić information content (AvgIpc) is 2.37. The minimum atomic E-state index is -0.973. The van der Waals surface area contributed by atoms with Crippen molar-refractivity contribution in [2.45, 2.75) is 25.5 Å². The van der Waals surface area contributed by atoms with E-state index in [1.54, 1.807) is 12.1 Å². The highest BCUT2D eigenvalue weighted by Gasteiger charge is 2.23. The van der Waals surface area contributed by atoms with Gasteiger partial charge in [0.1, 0.15) is 5.75 Å². The number of methoxy groups -OCH3 is 2. The Morgan fingerprint density at radius 1 is 1.44 bits per heavy atom. The molecule has 0 saturated heterocycles. The van der Waals surface area contributed by atoms with Crippen molar-refractivity contribution in [3.8, 4) is 5.75 Å². The molecule has 0 aliphatic rings. The zero-order valence-corrected chi connectivity index (χ0v) is 10.8. The minimum Gasteiger partial charge on any atom is -0.496 e. The van der Waals surface area contributed by atoms with E-state index in [9.17, 15) is 9.90 Å². The number of benzene rings is 1. The number of hydrogen-bond donors (Lipinski definition) is 2. The second-order valence-corrected chi connectivity index (χ2v) is 4.13. The maximum absolute atomic E-state index is 11.1. The van der Waals surface area contributed by atoms with Gasteiger partial charge in [0.25, 0.3) is 0 Å². The first-order chi connectivity index (χ1) is 8.49. The number of aliphatic hydroxyl groups is 1. The first-order valence-electron chi connectivity index (χ1n) is 5.64. The van der Waals surface area contributed by atoms with Gasteiger partial charge < -0.3 is 20.3 Å². The molecule has 100 valence electrons. The number of hydrogen-bond acceptors (Lipinski definition) is 5. The Kier molecular flexibility index (Phi) is 5.12. The highest BCUT2D eigenvalue weighted by atomic mass is 16.5. The number of nitrogens with two attached hydrogens (primary N) is 1. The minimum absolute atomic E-state index is 0.0469. The fourth-order valence-electron chi connectivity index (χ4n) is 1.70. The molecule has 3 N–H and O–H groups in total. The summed E-state index contributed by atoms with van der Waals surface area (Å²) >= 11 is 0. The Morgan fingerprint density at radius 3 is 2.67 bits per heavy atom. The van der Waals surface area contributed by atoms with E-state index in [-0.39, 0.29) is 6.42 Å². The fourth-order valence-corrected chi connectivity index (χ4v) is 1.70. The van der Waals surface area contributed by atoms with Gasteiger partial charge in [0.05, 0.1) is 26.7 Å². The fraction of sp³-hybridized carbons (Fsp3) is 0.462. The van der Waals surface area contributed by atoms with Crippen LogP contribution in [0.15, 0.2) is 18.2 Å². The van der Waals surface area contributed by atoms with Crippen molar-refractivity contribution >= 4 is 5.97 Å². The number of ether oxygens (including phenoxy) is 2. The zero-order valence-electron chi connectivity index (χ0n) is 10.8. The number of carbonyl (C=O) groups excluding carboxylic acids is 1. The summed E-state index contributed by atoms with van der Waals surface area (Å²) in [7, 11) is 2.81. The monoisotopic (exact) mass is 253 g/mol. The van der Waals surface area contributed by atoms with Crippen LogP contribution < -0.4 is 10.5 Å². The number of carbonyl (C=O) groups is 1. The first kappa shape index (κ1) is 14.5. The van der Waals surface area contributed by atoms with E-state index in [0.29, 0.717) is 11.3 Å². The lowest BCUT2D eigenvalue weighted by Crippen LogP contribution is -2.31. The normalized spacial score (nSPS) is 13.8. The molecule has 0 heterocycles. The molecule has 1 aromatic carbocycles. The van der Waals surface area contributed by atoms with E-state index in [0.717, 1.165) is 5.56 Å². The van der Waals surface area contributed by atoms with Gasteiger partial charge in [0.2, 0.25) is 0 Å². The summed E-state index contributed by atoms with van der Waals surface area (Å²) in [5.41, 5.74) is 7.35. The van der Waals surface area contributed by atoms with Gasteiger partial charge in [0.15, 0.2) is 0 Å². The van der Waals surface area contributed by atoms with Gasteiger partial charge in [-0.05, 0) is 19.1 Å². The van der Waals surface area contributed by atoms with Crippen LogP contribution in [-0.2, 0) is 9.53 Å². The number of aliphatic hydroxyl groups excluding tert-OH is 1. The van der Waals surface area contributed by atoms with Gasteiger partial charge in [-0.3, -0.25) is 4.79 Å². The second-order valence-electron chi connectivity index (χ2n) is 4.13. The van der Waals surface area contributed by atoms with Crippen molar-refractivity contribution in [2.24, 2.45) is 5.73 Å². The maximum Gasteiger partial charge on any atom is 0.307 e. The van der Waals surface area contributed by atoms with Crippen LogP contribution >= 0.6 is 0 Å². The Labute approximate surface area is 107 Å². The third-order valence-corrected chi connectivity index (χ3v) is 2.74. The lowest BCUT2D eigenvalue weighted by Gasteiger charge is -2.20. The average molecular weight is 253 g/mol. The lowest BCUT2D eigenvalue weighted by molar-refractivity contribution is -0.141. The molecule has 0 aromatic heterocycles. The highest BCUT2D eigenvalue weighted by molar-refractivity contribution is 5.70. The van der Waals surface area contributed by atoms with Crippen molar-refractivity contribution in [1.82, 2.24) is 0 Å². The second kappa shape index (κ2) is 6.37. The molecule has 5 nitrogen and oxygen atoms in total. The number of esters is 1. The van der Waals surface area contributed by atoms with E-state index in [4.69, 9.17) is 10.5 Å². The Bertz CT molecular complexity index is 419. The Morgan fingerprint density at radius 2 is 2.11 bits per heavy atom. The first-order valence-corrected chi connectivity index (χ1v) is 5.64. The summed E-state index contributed by atoms with van der Waals surface area (Å²) in [5.74, 6) is 0.0987. The van der Waals surface area contributed by atoms with Gasteiger partial charge in [-0.15, -0.1) is 0 Å². The largest absolute Gasteiger partial charge is 0.496 e. The molecule has 0 radical (unpaired) electrons. The molecule has 2 unspecified atom stereocenters. The van der Waals surface area contributed by atoms with Gasteiger partial charge in [-0.25, -0.2) is 0 Å². The van der Waals surface area contributed by atoms with E-state index in [2.05, 4.69) is 4.74 Å². The van der Waals surface area contributed by atoms with Crippen molar-refractivity contribution in [3.63, 3.8) is 0 Å². The molecule has 0 bridgehead atoms. The molecular formula is C13H19NO4. The van der Waals surface area contributed by atoms with Crippen LogP contribution in [0.3, 0.4) is 0 Å². The summed E-state index contributed by atoms with van der Waals surface area (Å²) in [5, 5.41) is 10.2. The summed E-state index contributed by atoms with van der Waals surface area (Å²) in [6.45, 7) is 1.90. The van der Waals surface area contributed by atoms with Gasteiger partial charge >= 0.3 is 5.97 Å². The maximum atomic E-state index is 11.1. The van der Waals surface area contributed by atoms with E-state index >= 15 is 0 Å². The SMILES string of the molecule is COC(=O)CC(N)C(O)c1cc(C)ccc1OC. The molecule has 0 spiro atoms. The van der Waals surface area contributed by atoms with Gasteiger partial charge in [0, 0.05) is 11.6 Å². The molecular weight excluding hydrogens is 234 g/mol. The Balaban J connectivity index is 2.91. The molecule has 18 heavy (non-hydrogen) atoms. The van der Waals surface area contributed by atoms with E-state index in [1.807, 2.05) is 13.0 Å². The van der Waals surface area contributed by atoms with Crippen molar-refractivity contribution in [3.05, 3.63) is 29.3 Å². The van der Waals surface area contributed by atoms with Gasteiger partial charge in [-0.2, -0.15) is 0 Å². The molecule has 0 aliphatic carbocycles. The van der Waals surface area contributed by atoms with Crippen molar-refractivity contribution in [1.29, 1.82) is 0 Å². The molecule has 0 fully saturated rings. The summed E-state index contributed by atoms with van der Waals surface area (Å²) < 4.78 is 9.70. The lowest BCUT2D eigenvalue weighted by atomic mass is 9.98. The predicted octanol–water partition coefficient (Wildman–Crippen LogP) is 0.927. The number of rotatable bonds is 5. The topological polar surface area (TPSA) is 81.8 Å². The van der Waals surface area contributed by atoms with E-state index in [1.165, 1.54) is 14.2 Å². The summed E-state index contributed by atoms with van der Waals surface area (Å²) in [6.07, 6.45) is -1.02. The number of aryl methyl sites for hydroxylation is 1. The van der Waals surface area contributed by atoms with Crippen LogP contribution in [0, 0.1) is 6.92 Å². The van der Waals surface area contributed by atoms with Crippen molar-refractivity contribution < 1.29 is 19.4 Å². The molecule has 0 saturated carbocycles. The predicted molar refractivity (Wildman–Crippen MR) is 67.3 cm³/mol. The van der Waals surface area contributed by atoms with Crippen LogP contribution in [0.5, 0.6) is 5.75 Å². The van der Waals surface area contributed by atoms with Gasteiger partial charge in [-0.1, -0.05) is 11.6 Å². The van der Waals surface area contributed by atoms with Crippen LogP contribution in [-0.4, -0.2) is 31.3 Å². The molecule has 0 amide bonds. The van der Waals surface area contributed by atoms with Crippen LogP contribution in [0.1, 0.15) is 23.7 Å². The van der Waals surface area contributed by atoms with Crippen LogP contribution in [0.2, 0.25) is 0 Å². The van der Waals surface area contributed by atoms with E-state index < -0.39 is 18.1 Å². The third-order valence-electron chi connectivity index (χ3n) is 2.74. The molecule has 5 heteroatoms. The summed E-state index contributed by atoms with van der Waals surface area (Å²) in [4.78, 5) is 11.1. The smallest absolute Gasteiger partial charge is 0.307 e.